The lowest BCUT2D eigenvalue weighted by atomic mass is 10.1. The van der Waals surface area contributed by atoms with E-state index >= 15 is 0 Å². The zero-order valence-corrected chi connectivity index (χ0v) is 10.4. The summed E-state index contributed by atoms with van der Waals surface area (Å²) in [5.74, 6) is 0.323. The molecule has 0 saturated carbocycles. The Hall–Kier alpha value is -1.27. The van der Waals surface area contributed by atoms with Gasteiger partial charge in [-0.2, -0.15) is 0 Å². The molecule has 0 spiro atoms. The van der Waals surface area contributed by atoms with E-state index in [9.17, 15) is 13.2 Å². The molecule has 1 aliphatic rings. The Morgan fingerprint density at radius 1 is 1.21 bits per heavy atom. The molecule has 1 saturated heterocycles. The summed E-state index contributed by atoms with van der Waals surface area (Å²) in [6.07, 6.45) is -3.54. The van der Waals surface area contributed by atoms with Crippen LogP contribution in [0, 0.1) is 5.92 Å². The molecule has 0 aromatic heterocycles. The van der Waals surface area contributed by atoms with Gasteiger partial charge < -0.3 is 14.8 Å². The van der Waals surface area contributed by atoms with Crippen LogP contribution in [0.3, 0.4) is 0 Å². The number of rotatable bonds is 5. The van der Waals surface area contributed by atoms with E-state index in [4.69, 9.17) is 4.74 Å². The molecule has 19 heavy (non-hydrogen) atoms. The van der Waals surface area contributed by atoms with Crippen LogP contribution in [0.5, 0.6) is 5.75 Å². The highest BCUT2D eigenvalue weighted by molar-refractivity contribution is 5.27. The van der Waals surface area contributed by atoms with Crippen molar-refractivity contribution in [3.63, 3.8) is 0 Å². The number of alkyl halides is 3. The van der Waals surface area contributed by atoms with Crippen molar-refractivity contribution >= 4 is 0 Å². The van der Waals surface area contributed by atoms with Crippen LogP contribution < -0.4 is 10.1 Å². The van der Waals surface area contributed by atoms with Crippen LogP contribution in [0.2, 0.25) is 0 Å². The standard InChI is InChI=1S/C13H16F3NO2/c14-13(15,16)19-12-3-1-10(2-4-12)8-18-9-11-5-6-17-7-11/h1-4,11,17H,5-9H2. The largest absolute Gasteiger partial charge is 0.573 e. The molecule has 1 fully saturated rings. The van der Waals surface area contributed by atoms with Crippen molar-refractivity contribution in [2.45, 2.75) is 19.4 Å². The number of ether oxygens (including phenoxy) is 2. The molecular weight excluding hydrogens is 259 g/mol. The Morgan fingerprint density at radius 3 is 2.53 bits per heavy atom. The molecule has 1 heterocycles. The molecule has 1 N–H and O–H groups in total. The summed E-state index contributed by atoms with van der Waals surface area (Å²) in [6, 6.07) is 5.74. The van der Waals surface area contributed by atoms with Crippen molar-refractivity contribution in [3.8, 4) is 5.75 Å². The smallest absolute Gasteiger partial charge is 0.406 e. The summed E-state index contributed by atoms with van der Waals surface area (Å²) >= 11 is 0. The Morgan fingerprint density at radius 2 is 1.95 bits per heavy atom. The minimum absolute atomic E-state index is 0.212. The molecule has 106 valence electrons. The van der Waals surface area contributed by atoms with Gasteiger partial charge in [0.15, 0.2) is 0 Å². The van der Waals surface area contributed by atoms with Crippen molar-refractivity contribution in [2.24, 2.45) is 5.92 Å². The van der Waals surface area contributed by atoms with E-state index < -0.39 is 6.36 Å². The maximum atomic E-state index is 12.0. The van der Waals surface area contributed by atoms with Crippen LogP contribution in [0.25, 0.3) is 0 Å². The Balaban J connectivity index is 1.75. The fourth-order valence-electron chi connectivity index (χ4n) is 1.99. The van der Waals surface area contributed by atoms with Crippen molar-refractivity contribution in [1.29, 1.82) is 0 Å². The molecule has 1 atom stereocenters. The van der Waals surface area contributed by atoms with Gasteiger partial charge >= 0.3 is 6.36 Å². The molecule has 6 heteroatoms. The van der Waals surface area contributed by atoms with E-state index in [1.165, 1.54) is 12.1 Å². The van der Waals surface area contributed by atoms with Crippen molar-refractivity contribution < 1.29 is 22.6 Å². The molecule has 0 aliphatic carbocycles. The van der Waals surface area contributed by atoms with E-state index in [0.717, 1.165) is 25.1 Å². The summed E-state index contributed by atoms with van der Waals surface area (Å²) in [5.41, 5.74) is 0.834. The van der Waals surface area contributed by atoms with Gasteiger partial charge in [-0.3, -0.25) is 0 Å². The van der Waals surface area contributed by atoms with Crippen molar-refractivity contribution in [2.75, 3.05) is 19.7 Å². The Bertz CT molecular complexity index is 386. The van der Waals surface area contributed by atoms with Gasteiger partial charge in [-0.1, -0.05) is 12.1 Å². The van der Waals surface area contributed by atoms with Gasteiger partial charge in [0.2, 0.25) is 0 Å². The first-order valence-corrected chi connectivity index (χ1v) is 6.16. The molecule has 1 aromatic rings. The minimum atomic E-state index is -4.65. The molecule has 1 unspecified atom stereocenters. The van der Waals surface area contributed by atoms with Gasteiger partial charge in [-0.25, -0.2) is 0 Å². The first-order valence-electron chi connectivity index (χ1n) is 6.16. The fraction of sp³-hybridized carbons (Fsp3) is 0.538. The summed E-state index contributed by atoms with van der Waals surface area (Å²) < 4.78 is 45.2. The van der Waals surface area contributed by atoms with Crippen molar-refractivity contribution in [3.05, 3.63) is 29.8 Å². The van der Waals surface area contributed by atoms with Gasteiger partial charge in [0.1, 0.15) is 5.75 Å². The lowest BCUT2D eigenvalue weighted by Crippen LogP contribution is -2.17. The summed E-state index contributed by atoms with van der Waals surface area (Å²) in [4.78, 5) is 0. The average Bonchev–Trinajstić information content (AvgIpc) is 2.82. The lowest BCUT2D eigenvalue weighted by Gasteiger charge is -2.11. The highest BCUT2D eigenvalue weighted by Gasteiger charge is 2.30. The number of nitrogens with one attached hydrogen (secondary N) is 1. The van der Waals surface area contributed by atoms with Crippen LogP contribution in [-0.4, -0.2) is 26.1 Å². The van der Waals surface area contributed by atoms with E-state index in [1.807, 2.05) is 0 Å². The van der Waals surface area contributed by atoms with Gasteiger partial charge in [0, 0.05) is 6.54 Å². The first-order chi connectivity index (χ1) is 9.03. The summed E-state index contributed by atoms with van der Waals surface area (Å²) in [7, 11) is 0. The highest BCUT2D eigenvalue weighted by atomic mass is 19.4. The van der Waals surface area contributed by atoms with Crippen LogP contribution in [-0.2, 0) is 11.3 Å². The number of hydrogen-bond donors (Lipinski definition) is 1. The number of halogens is 3. The molecule has 1 aromatic carbocycles. The predicted molar refractivity (Wildman–Crippen MR) is 63.8 cm³/mol. The monoisotopic (exact) mass is 275 g/mol. The minimum Gasteiger partial charge on any atom is -0.406 e. The third-order valence-electron chi connectivity index (χ3n) is 2.94. The average molecular weight is 275 g/mol. The quantitative estimate of drug-likeness (QED) is 0.896. The normalized spacial score (nSPS) is 19.6. The number of hydrogen-bond acceptors (Lipinski definition) is 3. The van der Waals surface area contributed by atoms with Crippen molar-refractivity contribution in [1.82, 2.24) is 5.32 Å². The molecule has 3 nitrogen and oxygen atoms in total. The Kier molecular flexibility index (Phi) is 4.66. The first kappa shape index (κ1) is 14.1. The molecule has 0 amide bonds. The zero-order valence-electron chi connectivity index (χ0n) is 10.4. The lowest BCUT2D eigenvalue weighted by molar-refractivity contribution is -0.274. The molecular formula is C13H16F3NO2. The second-order valence-electron chi connectivity index (χ2n) is 4.57. The third-order valence-corrected chi connectivity index (χ3v) is 2.94. The van der Waals surface area contributed by atoms with Gasteiger partial charge in [-0.15, -0.1) is 13.2 Å². The van der Waals surface area contributed by atoms with Gasteiger partial charge in [0.05, 0.1) is 13.2 Å². The van der Waals surface area contributed by atoms with Gasteiger partial charge in [-0.05, 0) is 36.6 Å². The maximum absolute atomic E-state index is 12.0. The molecule has 0 radical (unpaired) electrons. The number of benzene rings is 1. The summed E-state index contributed by atoms with van der Waals surface area (Å²) in [6.45, 7) is 3.08. The van der Waals surface area contributed by atoms with Crippen LogP contribution in [0.1, 0.15) is 12.0 Å². The highest BCUT2D eigenvalue weighted by Crippen LogP contribution is 2.23. The Labute approximate surface area is 109 Å². The van der Waals surface area contributed by atoms with Crippen LogP contribution in [0.4, 0.5) is 13.2 Å². The topological polar surface area (TPSA) is 30.5 Å². The van der Waals surface area contributed by atoms with E-state index in [2.05, 4.69) is 10.1 Å². The second kappa shape index (κ2) is 6.25. The van der Waals surface area contributed by atoms with E-state index in [-0.39, 0.29) is 5.75 Å². The van der Waals surface area contributed by atoms with E-state index in [1.54, 1.807) is 12.1 Å². The SMILES string of the molecule is FC(F)(F)Oc1ccc(COCC2CCNC2)cc1. The predicted octanol–water partition coefficient (Wildman–Crippen LogP) is 2.71. The van der Waals surface area contributed by atoms with Gasteiger partial charge in [0.25, 0.3) is 0 Å². The fourth-order valence-corrected chi connectivity index (χ4v) is 1.99. The second-order valence-corrected chi connectivity index (χ2v) is 4.57. The zero-order chi connectivity index (χ0) is 13.7. The van der Waals surface area contributed by atoms with E-state index in [0.29, 0.717) is 19.1 Å². The molecule has 1 aliphatic heterocycles. The molecule has 2 rings (SSSR count). The summed E-state index contributed by atoms with van der Waals surface area (Å²) in [5, 5.41) is 3.25. The van der Waals surface area contributed by atoms with Crippen LogP contribution >= 0.6 is 0 Å². The van der Waals surface area contributed by atoms with Crippen LogP contribution in [0.15, 0.2) is 24.3 Å². The maximum Gasteiger partial charge on any atom is 0.573 e. The third kappa shape index (κ3) is 5.08. The molecule has 0 bridgehead atoms.